The minimum absolute atomic E-state index is 0.231. The summed E-state index contributed by atoms with van der Waals surface area (Å²) in [6.45, 7) is 1.66. The summed E-state index contributed by atoms with van der Waals surface area (Å²) in [5.74, 6) is -0.523. The van der Waals surface area contributed by atoms with E-state index in [4.69, 9.17) is 5.11 Å². The van der Waals surface area contributed by atoms with E-state index in [2.05, 4.69) is 20.9 Å². The second kappa shape index (κ2) is 8.66. The van der Waals surface area contributed by atoms with Crippen LogP contribution >= 0.6 is 0 Å². The second-order valence-electron chi connectivity index (χ2n) is 5.96. The van der Waals surface area contributed by atoms with Gasteiger partial charge in [0, 0.05) is 36.1 Å². The molecule has 0 fully saturated rings. The van der Waals surface area contributed by atoms with Crippen molar-refractivity contribution in [3.63, 3.8) is 0 Å². The molecule has 0 radical (unpaired) electrons. The van der Waals surface area contributed by atoms with Crippen LogP contribution in [0, 0.1) is 0 Å². The summed E-state index contributed by atoms with van der Waals surface area (Å²) < 4.78 is 0. The van der Waals surface area contributed by atoms with Crippen molar-refractivity contribution < 1.29 is 14.7 Å². The number of benzene rings is 2. The van der Waals surface area contributed by atoms with Crippen molar-refractivity contribution in [2.24, 2.45) is 4.99 Å². The lowest BCUT2D eigenvalue weighted by Crippen LogP contribution is -2.35. The van der Waals surface area contributed by atoms with Crippen molar-refractivity contribution in [3.05, 3.63) is 65.7 Å². The molecule has 3 rings (SSSR count). The Morgan fingerprint density at radius 2 is 1.93 bits per heavy atom. The number of nitrogens with zero attached hydrogens (tertiary/aromatic N) is 1. The predicted molar refractivity (Wildman–Crippen MR) is 106 cm³/mol. The molecular weight excluding hydrogens is 344 g/mol. The highest BCUT2D eigenvalue weighted by Crippen LogP contribution is 2.15. The van der Waals surface area contributed by atoms with E-state index in [9.17, 15) is 9.59 Å². The minimum atomic E-state index is -1.00. The molecule has 27 heavy (non-hydrogen) atoms. The van der Waals surface area contributed by atoms with Gasteiger partial charge in [0.15, 0.2) is 5.96 Å². The highest BCUT2D eigenvalue weighted by atomic mass is 16.4. The molecule has 0 spiro atoms. The van der Waals surface area contributed by atoms with Gasteiger partial charge in [-0.3, -0.25) is 9.79 Å². The topological polar surface area (TPSA) is 103 Å². The fraction of sp³-hybridized carbons (Fsp3) is 0.150. The fourth-order valence-electron chi connectivity index (χ4n) is 2.54. The van der Waals surface area contributed by atoms with Crippen molar-refractivity contribution in [2.45, 2.75) is 6.42 Å². The maximum atomic E-state index is 12.5. The molecular formula is C20H20N4O3. The summed E-state index contributed by atoms with van der Waals surface area (Å²) in [5.41, 5.74) is 2.67. The molecule has 138 valence electrons. The Balaban J connectivity index is 1.64. The van der Waals surface area contributed by atoms with Gasteiger partial charge in [0.2, 0.25) is 0 Å². The average molecular weight is 364 g/mol. The van der Waals surface area contributed by atoms with E-state index < -0.39 is 5.97 Å². The first kappa shape index (κ1) is 18.2. The molecule has 0 atom stereocenters. The smallest absolute Gasteiger partial charge is 0.328 e. The molecule has 4 N–H and O–H groups in total. The van der Waals surface area contributed by atoms with E-state index in [1.165, 1.54) is 6.08 Å². The summed E-state index contributed by atoms with van der Waals surface area (Å²) >= 11 is 0. The van der Waals surface area contributed by atoms with Crippen molar-refractivity contribution in [3.8, 4) is 0 Å². The average Bonchev–Trinajstić information content (AvgIpc) is 2.68. The second-order valence-corrected chi connectivity index (χ2v) is 5.96. The number of guanidine groups is 1. The molecule has 2 aromatic carbocycles. The Hall–Kier alpha value is -3.61. The van der Waals surface area contributed by atoms with Crippen LogP contribution in [0.1, 0.15) is 22.3 Å². The molecule has 1 amide bonds. The van der Waals surface area contributed by atoms with Crippen molar-refractivity contribution in [1.29, 1.82) is 0 Å². The van der Waals surface area contributed by atoms with E-state index in [0.29, 0.717) is 17.2 Å². The fourth-order valence-corrected chi connectivity index (χ4v) is 2.54. The molecule has 7 nitrogen and oxygen atoms in total. The Kier molecular flexibility index (Phi) is 5.84. The van der Waals surface area contributed by atoms with Gasteiger partial charge in [-0.25, -0.2) is 4.79 Å². The van der Waals surface area contributed by atoms with Crippen LogP contribution < -0.4 is 16.0 Å². The number of aliphatic carboxylic acids is 1. The van der Waals surface area contributed by atoms with Crippen LogP contribution in [0.2, 0.25) is 0 Å². The minimum Gasteiger partial charge on any atom is -0.478 e. The third-order valence-corrected chi connectivity index (χ3v) is 3.87. The number of hydrogen-bond acceptors (Lipinski definition) is 5. The van der Waals surface area contributed by atoms with E-state index >= 15 is 0 Å². The third kappa shape index (κ3) is 5.43. The molecule has 7 heteroatoms. The van der Waals surface area contributed by atoms with Crippen molar-refractivity contribution in [1.82, 2.24) is 5.32 Å². The molecule has 0 saturated carbocycles. The van der Waals surface area contributed by atoms with Gasteiger partial charge >= 0.3 is 5.97 Å². The Morgan fingerprint density at radius 1 is 1.11 bits per heavy atom. The van der Waals surface area contributed by atoms with Gasteiger partial charge in [-0.05, 0) is 48.4 Å². The molecule has 0 bridgehead atoms. The normalized spacial score (nSPS) is 13.6. The Morgan fingerprint density at radius 3 is 2.63 bits per heavy atom. The van der Waals surface area contributed by atoms with Gasteiger partial charge in [-0.15, -0.1) is 0 Å². The third-order valence-electron chi connectivity index (χ3n) is 3.87. The number of carbonyl (C=O) groups excluding carboxylic acids is 1. The van der Waals surface area contributed by atoms with Crippen LogP contribution in [0.5, 0.6) is 0 Å². The number of carbonyl (C=O) groups is 2. The number of amides is 1. The first-order valence-corrected chi connectivity index (χ1v) is 8.58. The van der Waals surface area contributed by atoms with Gasteiger partial charge < -0.3 is 21.1 Å². The van der Waals surface area contributed by atoms with E-state index in [1.807, 2.05) is 6.07 Å². The SMILES string of the molecule is O=C(O)/C=C/c1ccc(NC(=O)c2cccc(NC3=NCCCN3)c2)cc1. The number of carboxylic acid groups (broad SMARTS) is 1. The molecule has 0 aromatic heterocycles. The molecule has 0 unspecified atom stereocenters. The van der Waals surface area contributed by atoms with E-state index in [1.54, 1.807) is 42.5 Å². The lowest BCUT2D eigenvalue weighted by molar-refractivity contribution is -0.131. The molecule has 0 saturated heterocycles. The Bertz CT molecular complexity index is 888. The summed E-state index contributed by atoms with van der Waals surface area (Å²) in [7, 11) is 0. The standard InChI is InChI=1S/C20H20N4O3/c25-18(26)10-7-14-5-8-16(9-6-14)23-19(27)15-3-1-4-17(13-15)24-20-21-11-2-12-22-20/h1,3-10,13H,2,11-12H2,(H,23,27)(H,25,26)(H2,21,22,24)/b10-7+. The van der Waals surface area contributed by atoms with Gasteiger partial charge in [0.25, 0.3) is 5.91 Å². The van der Waals surface area contributed by atoms with Crippen LogP contribution in [0.4, 0.5) is 11.4 Å². The number of anilines is 2. The first-order valence-electron chi connectivity index (χ1n) is 8.58. The zero-order valence-corrected chi connectivity index (χ0v) is 14.6. The number of nitrogens with one attached hydrogen (secondary N) is 3. The maximum absolute atomic E-state index is 12.5. The van der Waals surface area contributed by atoms with Crippen molar-refractivity contribution in [2.75, 3.05) is 23.7 Å². The summed E-state index contributed by atoms with van der Waals surface area (Å²) in [6.07, 6.45) is 3.57. The van der Waals surface area contributed by atoms with Crippen molar-refractivity contribution >= 4 is 35.3 Å². The molecule has 1 heterocycles. The van der Waals surface area contributed by atoms with Crippen LogP contribution in [0.3, 0.4) is 0 Å². The van der Waals surface area contributed by atoms with Crippen LogP contribution in [0.15, 0.2) is 59.6 Å². The highest BCUT2D eigenvalue weighted by molar-refractivity contribution is 6.05. The zero-order valence-electron chi connectivity index (χ0n) is 14.6. The van der Waals surface area contributed by atoms with Crippen LogP contribution in [-0.2, 0) is 4.79 Å². The zero-order chi connectivity index (χ0) is 19.1. The van der Waals surface area contributed by atoms with Crippen LogP contribution in [0.25, 0.3) is 6.08 Å². The molecule has 1 aliphatic heterocycles. The monoisotopic (exact) mass is 364 g/mol. The van der Waals surface area contributed by atoms with E-state index in [-0.39, 0.29) is 5.91 Å². The number of hydrogen-bond donors (Lipinski definition) is 4. The first-order chi connectivity index (χ1) is 13.1. The summed E-state index contributed by atoms with van der Waals surface area (Å²) in [6, 6.07) is 14.1. The van der Waals surface area contributed by atoms with Gasteiger partial charge in [0.1, 0.15) is 0 Å². The van der Waals surface area contributed by atoms with Gasteiger partial charge in [-0.1, -0.05) is 18.2 Å². The predicted octanol–water partition coefficient (Wildman–Crippen LogP) is 2.80. The lowest BCUT2D eigenvalue weighted by Gasteiger charge is -2.16. The maximum Gasteiger partial charge on any atom is 0.328 e. The largest absolute Gasteiger partial charge is 0.478 e. The highest BCUT2D eigenvalue weighted by Gasteiger charge is 2.09. The molecule has 0 aliphatic carbocycles. The molecule has 1 aliphatic rings. The van der Waals surface area contributed by atoms with E-state index in [0.717, 1.165) is 36.8 Å². The number of aliphatic imine (C=N–C) groups is 1. The summed E-state index contributed by atoms with van der Waals surface area (Å²) in [5, 5.41) is 17.8. The Labute approximate surface area is 156 Å². The summed E-state index contributed by atoms with van der Waals surface area (Å²) in [4.78, 5) is 27.4. The van der Waals surface area contributed by atoms with Crippen LogP contribution in [-0.4, -0.2) is 36.0 Å². The quantitative estimate of drug-likeness (QED) is 0.611. The van der Waals surface area contributed by atoms with Gasteiger partial charge in [0.05, 0.1) is 0 Å². The molecule has 2 aromatic rings. The van der Waals surface area contributed by atoms with Gasteiger partial charge in [-0.2, -0.15) is 0 Å². The lowest BCUT2D eigenvalue weighted by atomic mass is 10.1. The number of rotatable bonds is 5. The number of carboxylic acids is 1.